The summed E-state index contributed by atoms with van der Waals surface area (Å²) in [6, 6.07) is 6.53. The molecule has 1 aliphatic rings. The van der Waals surface area contributed by atoms with Gasteiger partial charge in [0.05, 0.1) is 0 Å². The van der Waals surface area contributed by atoms with Crippen LogP contribution in [0, 0.1) is 5.82 Å². The van der Waals surface area contributed by atoms with Crippen molar-refractivity contribution < 1.29 is 8.91 Å². The quantitative estimate of drug-likeness (QED) is 0.922. The van der Waals surface area contributed by atoms with Crippen LogP contribution in [0.4, 0.5) is 4.39 Å². The molecule has 0 bridgehead atoms. The second kappa shape index (κ2) is 5.48. The van der Waals surface area contributed by atoms with Gasteiger partial charge >= 0.3 is 0 Å². The summed E-state index contributed by atoms with van der Waals surface area (Å²) in [4.78, 5) is 4.36. The van der Waals surface area contributed by atoms with E-state index in [4.69, 9.17) is 4.52 Å². The van der Waals surface area contributed by atoms with Gasteiger partial charge < -0.3 is 9.84 Å². The summed E-state index contributed by atoms with van der Waals surface area (Å²) >= 11 is 0. The Morgan fingerprint density at radius 1 is 1.26 bits per heavy atom. The van der Waals surface area contributed by atoms with Crippen molar-refractivity contribution in [1.82, 2.24) is 15.5 Å². The van der Waals surface area contributed by atoms with Crippen LogP contribution in [-0.4, -0.2) is 22.7 Å². The first kappa shape index (κ1) is 12.3. The maximum atomic E-state index is 12.8. The topological polar surface area (TPSA) is 51.0 Å². The highest BCUT2D eigenvalue weighted by Crippen LogP contribution is 2.18. The van der Waals surface area contributed by atoms with E-state index < -0.39 is 0 Å². The Kier molecular flexibility index (Phi) is 3.55. The molecule has 0 amide bonds. The van der Waals surface area contributed by atoms with Crippen molar-refractivity contribution in [3.63, 3.8) is 0 Å². The van der Waals surface area contributed by atoms with Gasteiger partial charge in [0.2, 0.25) is 11.7 Å². The molecule has 0 saturated carbocycles. The standard InChI is InChI=1S/C14H16FN3O/c15-11-6-4-10(5-7-11)14-17-13(19-18-14)9-12-3-1-2-8-16-12/h4-7,12,16H,1-3,8-9H2. The number of hydrogen-bond donors (Lipinski definition) is 1. The molecule has 0 radical (unpaired) electrons. The predicted molar refractivity (Wildman–Crippen MR) is 69.0 cm³/mol. The molecule has 19 heavy (non-hydrogen) atoms. The monoisotopic (exact) mass is 261 g/mol. The predicted octanol–water partition coefficient (Wildman–Crippen LogP) is 2.56. The molecule has 0 spiro atoms. The minimum atomic E-state index is -0.265. The average molecular weight is 261 g/mol. The van der Waals surface area contributed by atoms with Crippen molar-refractivity contribution in [2.45, 2.75) is 31.7 Å². The molecule has 1 aliphatic heterocycles. The second-order valence-electron chi connectivity index (χ2n) is 4.87. The van der Waals surface area contributed by atoms with Crippen LogP contribution in [0.5, 0.6) is 0 Å². The number of nitrogens with one attached hydrogen (secondary N) is 1. The summed E-state index contributed by atoms with van der Waals surface area (Å²) in [5.41, 5.74) is 0.771. The minimum absolute atomic E-state index is 0.265. The van der Waals surface area contributed by atoms with E-state index in [2.05, 4.69) is 15.5 Å². The smallest absolute Gasteiger partial charge is 0.228 e. The largest absolute Gasteiger partial charge is 0.339 e. The summed E-state index contributed by atoms with van der Waals surface area (Å²) in [5, 5.41) is 7.39. The molecule has 2 aromatic rings. The highest BCUT2D eigenvalue weighted by atomic mass is 19.1. The highest BCUT2D eigenvalue weighted by molar-refractivity contribution is 5.53. The van der Waals surface area contributed by atoms with Crippen molar-refractivity contribution >= 4 is 0 Å². The van der Waals surface area contributed by atoms with E-state index in [1.165, 1.54) is 25.0 Å². The molecule has 1 unspecified atom stereocenters. The van der Waals surface area contributed by atoms with Crippen molar-refractivity contribution in [1.29, 1.82) is 0 Å². The van der Waals surface area contributed by atoms with Crippen molar-refractivity contribution in [2.24, 2.45) is 0 Å². The molecule has 1 N–H and O–H groups in total. The van der Waals surface area contributed by atoms with E-state index >= 15 is 0 Å². The number of piperidine rings is 1. The Balaban J connectivity index is 1.70. The molecule has 100 valence electrons. The molecule has 1 fully saturated rings. The number of rotatable bonds is 3. The average Bonchev–Trinajstić information content (AvgIpc) is 2.89. The third-order valence-corrected chi connectivity index (χ3v) is 3.40. The van der Waals surface area contributed by atoms with E-state index in [1.54, 1.807) is 12.1 Å². The molecule has 1 aromatic heterocycles. The Hall–Kier alpha value is -1.75. The molecule has 1 saturated heterocycles. The van der Waals surface area contributed by atoms with Crippen molar-refractivity contribution in [3.8, 4) is 11.4 Å². The first-order valence-electron chi connectivity index (χ1n) is 6.63. The highest BCUT2D eigenvalue weighted by Gasteiger charge is 2.17. The van der Waals surface area contributed by atoms with Gasteiger partial charge in [-0.05, 0) is 43.7 Å². The van der Waals surface area contributed by atoms with Gasteiger partial charge in [0.25, 0.3) is 0 Å². The Morgan fingerprint density at radius 2 is 2.11 bits per heavy atom. The van der Waals surface area contributed by atoms with Gasteiger partial charge in [-0.3, -0.25) is 0 Å². The molecular weight excluding hydrogens is 245 g/mol. The molecule has 5 heteroatoms. The normalized spacial score (nSPS) is 19.5. The molecule has 4 nitrogen and oxygen atoms in total. The van der Waals surface area contributed by atoms with E-state index in [9.17, 15) is 4.39 Å². The van der Waals surface area contributed by atoms with Crippen molar-refractivity contribution in [2.75, 3.05) is 6.54 Å². The number of aromatic nitrogens is 2. The zero-order chi connectivity index (χ0) is 13.1. The maximum Gasteiger partial charge on any atom is 0.228 e. The lowest BCUT2D eigenvalue weighted by Crippen LogP contribution is -2.35. The lowest BCUT2D eigenvalue weighted by atomic mass is 10.0. The van der Waals surface area contributed by atoms with Crippen LogP contribution in [0.2, 0.25) is 0 Å². The molecule has 3 rings (SSSR count). The number of nitrogens with zero attached hydrogens (tertiary/aromatic N) is 2. The van der Waals surface area contributed by atoms with Gasteiger partial charge in [-0.25, -0.2) is 4.39 Å². The summed E-state index contributed by atoms with van der Waals surface area (Å²) in [7, 11) is 0. The van der Waals surface area contributed by atoms with Gasteiger partial charge in [0.15, 0.2) is 0 Å². The molecule has 1 aromatic carbocycles. The number of hydrogen-bond acceptors (Lipinski definition) is 4. The Bertz CT molecular complexity index is 532. The lowest BCUT2D eigenvalue weighted by Gasteiger charge is -2.21. The minimum Gasteiger partial charge on any atom is -0.339 e. The van der Waals surface area contributed by atoms with Crippen molar-refractivity contribution in [3.05, 3.63) is 36.0 Å². The van der Waals surface area contributed by atoms with Gasteiger partial charge in [0.1, 0.15) is 5.82 Å². The van der Waals surface area contributed by atoms with Crippen LogP contribution in [0.25, 0.3) is 11.4 Å². The Morgan fingerprint density at radius 3 is 2.84 bits per heavy atom. The van der Waals surface area contributed by atoms with Crippen LogP contribution >= 0.6 is 0 Å². The van der Waals surface area contributed by atoms with Crippen LogP contribution < -0.4 is 5.32 Å². The summed E-state index contributed by atoms with van der Waals surface area (Å²) in [5.74, 6) is 0.892. The van der Waals surface area contributed by atoms with Crippen LogP contribution in [0.3, 0.4) is 0 Å². The van der Waals surface area contributed by atoms with E-state index in [-0.39, 0.29) is 5.82 Å². The molecule has 0 aliphatic carbocycles. The lowest BCUT2D eigenvalue weighted by molar-refractivity contribution is 0.331. The van der Waals surface area contributed by atoms with E-state index in [0.29, 0.717) is 17.8 Å². The van der Waals surface area contributed by atoms with Gasteiger partial charge in [-0.2, -0.15) is 4.98 Å². The summed E-state index contributed by atoms with van der Waals surface area (Å²) in [6.45, 7) is 1.06. The Labute approximate surface area is 111 Å². The van der Waals surface area contributed by atoms with E-state index in [0.717, 1.165) is 24.9 Å². The second-order valence-corrected chi connectivity index (χ2v) is 4.87. The van der Waals surface area contributed by atoms with Crippen LogP contribution in [0.15, 0.2) is 28.8 Å². The van der Waals surface area contributed by atoms with E-state index in [1.807, 2.05) is 0 Å². The summed E-state index contributed by atoms with van der Waals surface area (Å²) in [6.07, 6.45) is 4.39. The third-order valence-electron chi connectivity index (χ3n) is 3.40. The maximum absolute atomic E-state index is 12.8. The molecular formula is C14H16FN3O. The van der Waals surface area contributed by atoms with Gasteiger partial charge in [-0.15, -0.1) is 0 Å². The SMILES string of the molecule is Fc1ccc(-c2noc(CC3CCCCN3)n2)cc1. The number of halogens is 1. The van der Waals surface area contributed by atoms with Crippen LogP contribution in [-0.2, 0) is 6.42 Å². The van der Waals surface area contributed by atoms with Gasteiger partial charge in [0, 0.05) is 18.0 Å². The van der Waals surface area contributed by atoms with Gasteiger partial charge in [-0.1, -0.05) is 11.6 Å². The zero-order valence-electron chi connectivity index (χ0n) is 10.6. The molecule has 2 heterocycles. The van der Waals surface area contributed by atoms with Crippen LogP contribution in [0.1, 0.15) is 25.2 Å². The fraction of sp³-hybridized carbons (Fsp3) is 0.429. The fourth-order valence-electron chi connectivity index (χ4n) is 2.36. The molecule has 1 atom stereocenters. The zero-order valence-corrected chi connectivity index (χ0v) is 10.6. The fourth-order valence-corrected chi connectivity index (χ4v) is 2.36. The third kappa shape index (κ3) is 2.98. The summed E-state index contributed by atoms with van der Waals surface area (Å²) < 4.78 is 18.1. The number of benzene rings is 1. The first-order chi connectivity index (χ1) is 9.31. The first-order valence-corrected chi connectivity index (χ1v) is 6.63.